The van der Waals surface area contributed by atoms with E-state index in [4.69, 9.17) is 10.5 Å². The van der Waals surface area contributed by atoms with Gasteiger partial charge in [-0.25, -0.2) is 0 Å². The molecule has 0 atom stereocenters. The Hall–Kier alpha value is -0.700. The second-order valence-corrected chi connectivity index (χ2v) is 1.68. The largest absolute Gasteiger partial charge is 0.488 e. The van der Waals surface area contributed by atoms with Crippen LogP contribution in [0.1, 0.15) is 6.92 Å². The van der Waals surface area contributed by atoms with Crippen molar-refractivity contribution in [2.75, 3.05) is 6.61 Å². The first-order valence-corrected chi connectivity index (χ1v) is 2.34. The molecule has 1 heterocycles. The zero-order valence-electron chi connectivity index (χ0n) is 5.01. The number of hydrogen-bond acceptors (Lipinski definition) is 3. The maximum Gasteiger partial charge on any atom is 0.219 e. The summed E-state index contributed by atoms with van der Waals surface area (Å²) >= 11 is 0. The molecule has 0 fully saturated rings. The predicted octanol–water partition coefficient (Wildman–Crippen LogP) is 0.198. The van der Waals surface area contributed by atoms with Crippen LogP contribution in [0.4, 0.5) is 0 Å². The molecule has 1 aliphatic rings. The zero-order chi connectivity index (χ0) is 6.15. The van der Waals surface area contributed by atoms with Crippen LogP contribution in [0.5, 0.6) is 0 Å². The molecule has 0 spiro atoms. The Morgan fingerprint density at radius 1 is 1.67 bits per heavy atom. The van der Waals surface area contributed by atoms with E-state index in [9.17, 15) is 4.79 Å². The quantitative estimate of drug-likeness (QED) is 0.535. The van der Waals surface area contributed by atoms with Crippen molar-refractivity contribution in [3.8, 4) is 0 Å². The molecule has 3 nitrogen and oxygen atoms in total. The van der Waals surface area contributed by atoms with Crippen LogP contribution in [-0.2, 0) is 9.53 Å². The predicted molar refractivity (Wildman–Crippen MR) is 35.1 cm³/mol. The maximum absolute atomic E-state index is 10.5. The molecule has 0 aromatic rings. The molecule has 0 unspecified atom stereocenters. The number of allylic oxidation sites excluding steroid dienone is 1. The highest BCUT2D eigenvalue weighted by molar-refractivity contribution is 5.97. The molecule has 9 heavy (non-hydrogen) atoms. The molecular weight excluding hydrogens is 142 g/mol. The van der Waals surface area contributed by atoms with Crippen LogP contribution in [-0.4, -0.2) is 12.4 Å². The Bertz CT molecular complexity index is 164. The summed E-state index contributed by atoms with van der Waals surface area (Å²) < 4.78 is 4.78. The van der Waals surface area contributed by atoms with Gasteiger partial charge in [0.25, 0.3) is 0 Å². The van der Waals surface area contributed by atoms with Crippen molar-refractivity contribution in [2.24, 2.45) is 5.73 Å². The Balaban J connectivity index is 0.000000640. The third-order valence-electron chi connectivity index (χ3n) is 1.10. The molecule has 0 aromatic carbocycles. The SMILES string of the molecule is CC1=C(N)C(=O)CO1.Cl. The number of carbonyl (C=O) groups excluding carboxylic acids is 1. The van der Waals surface area contributed by atoms with E-state index >= 15 is 0 Å². The summed E-state index contributed by atoms with van der Waals surface area (Å²) in [6.07, 6.45) is 0. The Morgan fingerprint density at radius 3 is 2.33 bits per heavy atom. The van der Waals surface area contributed by atoms with Crippen LogP contribution < -0.4 is 5.73 Å². The number of ether oxygens (including phenoxy) is 1. The number of halogens is 1. The normalized spacial score (nSPS) is 17.2. The summed E-state index contributed by atoms with van der Waals surface area (Å²) in [6, 6.07) is 0. The summed E-state index contributed by atoms with van der Waals surface area (Å²) in [7, 11) is 0. The molecule has 0 saturated carbocycles. The Morgan fingerprint density at radius 2 is 2.22 bits per heavy atom. The van der Waals surface area contributed by atoms with Gasteiger partial charge in [-0.1, -0.05) is 0 Å². The van der Waals surface area contributed by atoms with Crippen LogP contribution in [0.15, 0.2) is 11.5 Å². The van der Waals surface area contributed by atoms with Gasteiger partial charge in [0, 0.05) is 0 Å². The van der Waals surface area contributed by atoms with Crippen molar-refractivity contribution in [3.63, 3.8) is 0 Å². The average Bonchev–Trinajstić information content (AvgIpc) is 1.98. The van der Waals surface area contributed by atoms with Gasteiger partial charge in [0.1, 0.15) is 11.5 Å². The van der Waals surface area contributed by atoms with Crippen LogP contribution in [0.25, 0.3) is 0 Å². The average molecular weight is 150 g/mol. The van der Waals surface area contributed by atoms with Gasteiger partial charge >= 0.3 is 0 Å². The summed E-state index contributed by atoms with van der Waals surface area (Å²) in [4.78, 5) is 10.5. The van der Waals surface area contributed by atoms with Crippen molar-refractivity contribution in [1.82, 2.24) is 0 Å². The van der Waals surface area contributed by atoms with E-state index in [-0.39, 0.29) is 30.5 Å². The van der Waals surface area contributed by atoms with E-state index in [1.165, 1.54) is 0 Å². The van der Waals surface area contributed by atoms with Gasteiger partial charge < -0.3 is 10.5 Å². The van der Waals surface area contributed by atoms with Gasteiger partial charge in [-0.15, -0.1) is 12.4 Å². The summed E-state index contributed by atoms with van der Waals surface area (Å²) in [5.41, 5.74) is 5.50. The van der Waals surface area contributed by atoms with E-state index in [1.54, 1.807) is 6.92 Å². The highest BCUT2D eigenvalue weighted by atomic mass is 35.5. The lowest BCUT2D eigenvalue weighted by Crippen LogP contribution is -2.08. The van der Waals surface area contributed by atoms with Gasteiger partial charge in [-0.3, -0.25) is 4.79 Å². The summed E-state index contributed by atoms with van der Waals surface area (Å²) in [5.74, 6) is 0.442. The molecule has 1 rings (SSSR count). The number of rotatable bonds is 0. The van der Waals surface area contributed by atoms with E-state index in [1.807, 2.05) is 0 Å². The molecule has 1 aliphatic heterocycles. The lowest BCUT2D eigenvalue weighted by atomic mass is 10.3. The second kappa shape index (κ2) is 2.73. The highest BCUT2D eigenvalue weighted by Gasteiger charge is 2.17. The number of carbonyl (C=O) groups is 1. The van der Waals surface area contributed by atoms with Crippen molar-refractivity contribution in [1.29, 1.82) is 0 Å². The molecule has 0 radical (unpaired) electrons. The van der Waals surface area contributed by atoms with Crippen LogP contribution in [0.3, 0.4) is 0 Å². The van der Waals surface area contributed by atoms with Gasteiger partial charge in [-0.05, 0) is 6.92 Å². The van der Waals surface area contributed by atoms with E-state index in [2.05, 4.69) is 0 Å². The fourth-order valence-corrected chi connectivity index (χ4v) is 0.526. The number of nitrogens with two attached hydrogens (primary N) is 1. The van der Waals surface area contributed by atoms with Crippen LogP contribution >= 0.6 is 12.4 Å². The van der Waals surface area contributed by atoms with E-state index in [0.29, 0.717) is 5.76 Å². The molecule has 0 saturated heterocycles. The van der Waals surface area contributed by atoms with Crippen LogP contribution in [0.2, 0.25) is 0 Å². The van der Waals surface area contributed by atoms with E-state index < -0.39 is 0 Å². The fraction of sp³-hybridized carbons (Fsp3) is 0.400. The Labute approximate surface area is 59.3 Å². The molecule has 0 amide bonds. The third kappa shape index (κ3) is 1.36. The van der Waals surface area contributed by atoms with Gasteiger partial charge in [0.05, 0.1) is 0 Å². The lowest BCUT2D eigenvalue weighted by molar-refractivity contribution is -0.116. The number of ketones is 1. The summed E-state index contributed by atoms with van der Waals surface area (Å²) in [5, 5.41) is 0. The zero-order valence-corrected chi connectivity index (χ0v) is 5.83. The second-order valence-electron chi connectivity index (χ2n) is 1.68. The topological polar surface area (TPSA) is 52.3 Å². The molecule has 52 valence electrons. The highest BCUT2D eigenvalue weighted by Crippen LogP contribution is 2.08. The molecular formula is C5H8ClNO2. The lowest BCUT2D eigenvalue weighted by Gasteiger charge is -1.89. The van der Waals surface area contributed by atoms with Crippen LogP contribution in [0, 0.1) is 0 Å². The van der Waals surface area contributed by atoms with Crippen molar-refractivity contribution in [2.45, 2.75) is 6.92 Å². The first kappa shape index (κ1) is 8.30. The molecule has 4 heteroatoms. The molecule has 2 N–H and O–H groups in total. The van der Waals surface area contributed by atoms with Crippen molar-refractivity contribution in [3.05, 3.63) is 11.5 Å². The standard InChI is InChI=1S/C5H7NO2.ClH/c1-3-5(6)4(7)2-8-3;/h2,6H2,1H3;1H. The minimum absolute atomic E-state index is 0. The molecule has 0 aromatic heterocycles. The van der Waals surface area contributed by atoms with Gasteiger partial charge in [-0.2, -0.15) is 0 Å². The third-order valence-corrected chi connectivity index (χ3v) is 1.10. The monoisotopic (exact) mass is 149 g/mol. The van der Waals surface area contributed by atoms with Gasteiger partial charge in [0.2, 0.25) is 5.78 Å². The summed E-state index contributed by atoms with van der Waals surface area (Å²) in [6.45, 7) is 1.80. The first-order valence-electron chi connectivity index (χ1n) is 2.34. The number of hydrogen-bond donors (Lipinski definition) is 1. The van der Waals surface area contributed by atoms with E-state index in [0.717, 1.165) is 0 Å². The molecule has 0 aliphatic carbocycles. The minimum atomic E-state index is -0.109. The van der Waals surface area contributed by atoms with Gasteiger partial charge in [0.15, 0.2) is 6.61 Å². The van der Waals surface area contributed by atoms with Crippen molar-refractivity contribution < 1.29 is 9.53 Å². The minimum Gasteiger partial charge on any atom is -0.488 e. The Kier molecular flexibility index (Phi) is 2.52. The smallest absolute Gasteiger partial charge is 0.219 e. The fourth-order valence-electron chi connectivity index (χ4n) is 0.526. The number of Topliss-reactive ketones (excluding diaryl/α,β-unsaturated/α-hetero) is 1. The molecule has 0 bridgehead atoms. The first-order chi connectivity index (χ1) is 3.72. The van der Waals surface area contributed by atoms with Crippen molar-refractivity contribution >= 4 is 18.2 Å². The maximum atomic E-state index is 10.5.